The van der Waals surface area contributed by atoms with Gasteiger partial charge in [-0.15, -0.1) is 0 Å². The predicted octanol–water partition coefficient (Wildman–Crippen LogP) is 3.90. The topological polar surface area (TPSA) is 59.2 Å². The summed E-state index contributed by atoms with van der Waals surface area (Å²) in [5.74, 6) is -1.44. The summed E-state index contributed by atoms with van der Waals surface area (Å²) in [6, 6.07) is 7.08. The van der Waals surface area contributed by atoms with Crippen LogP contribution in [0.3, 0.4) is 0 Å². The van der Waals surface area contributed by atoms with Gasteiger partial charge in [0.15, 0.2) is 0 Å². The summed E-state index contributed by atoms with van der Waals surface area (Å²) in [5.41, 5.74) is 1.33. The number of hydrogen-bond donors (Lipinski definition) is 0. The van der Waals surface area contributed by atoms with Crippen molar-refractivity contribution in [2.75, 3.05) is 0 Å². The van der Waals surface area contributed by atoms with Gasteiger partial charge in [0.2, 0.25) is 11.7 Å². The molecule has 0 radical (unpaired) electrons. The van der Waals surface area contributed by atoms with Gasteiger partial charge in [-0.2, -0.15) is 18.2 Å². The molecule has 0 N–H and O–H groups in total. The summed E-state index contributed by atoms with van der Waals surface area (Å²) in [6.45, 7) is 4.23. The highest BCUT2D eigenvalue weighted by molar-refractivity contribution is 5.78. The van der Waals surface area contributed by atoms with Crippen LogP contribution in [0.2, 0.25) is 0 Å². The minimum absolute atomic E-state index is 0.0695. The van der Waals surface area contributed by atoms with Crippen molar-refractivity contribution in [3.63, 3.8) is 0 Å². The summed E-state index contributed by atoms with van der Waals surface area (Å²) in [4.78, 5) is 17.5. The van der Waals surface area contributed by atoms with Crippen LogP contribution in [0.15, 0.2) is 28.8 Å². The standard InChI is InChI=1S/C17H18F3N3O2/c1-10(2)15(24)23(13-7-8-13)9-11-3-5-12(6-4-11)14-21-16(25-22-14)17(18,19)20/h3-6,10,13H,7-9H2,1-2H3. The largest absolute Gasteiger partial charge is 0.471 e. The number of carbonyl (C=O) groups is 1. The van der Waals surface area contributed by atoms with Crippen molar-refractivity contribution >= 4 is 5.91 Å². The molecule has 1 aliphatic carbocycles. The van der Waals surface area contributed by atoms with Crippen LogP contribution in [0.5, 0.6) is 0 Å². The van der Waals surface area contributed by atoms with Crippen molar-refractivity contribution in [2.45, 2.75) is 45.5 Å². The minimum atomic E-state index is -4.66. The van der Waals surface area contributed by atoms with E-state index in [0.717, 1.165) is 18.4 Å². The smallest absolute Gasteiger partial charge is 0.335 e. The Morgan fingerprint density at radius 2 is 1.92 bits per heavy atom. The molecule has 3 rings (SSSR count). The molecule has 25 heavy (non-hydrogen) atoms. The Morgan fingerprint density at radius 1 is 1.28 bits per heavy atom. The fraction of sp³-hybridized carbons (Fsp3) is 0.471. The molecule has 1 aliphatic rings. The van der Waals surface area contributed by atoms with Crippen LogP contribution >= 0.6 is 0 Å². The Kier molecular flexibility index (Phi) is 4.53. The lowest BCUT2D eigenvalue weighted by molar-refractivity contribution is -0.159. The molecule has 0 unspecified atom stereocenters. The minimum Gasteiger partial charge on any atom is -0.335 e. The summed E-state index contributed by atoms with van der Waals surface area (Å²) in [5, 5.41) is 3.36. The van der Waals surface area contributed by atoms with Crippen LogP contribution in [0.25, 0.3) is 11.4 Å². The van der Waals surface area contributed by atoms with E-state index in [4.69, 9.17) is 0 Å². The lowest BCUT2D eigenvalue weighted by Crippen LogP contribution is -2.35. The number of aromatic nitrogens is 2. The van der Waals surface area contributed by atoms with Crippen LogP contribution in [-0.2, 0) is 17.5 Å². The van der Waals surface area contributed by atoms with Gasteiger partial charge in [0.05, 0.1) is 0 Å². The van der Waals surface area contributed by atoms with Crippen molar-refractivity contribution in [3.05, 3.63) is 35.7 Å². The van der Waals surface area contributed by atoms with E-state index in [-0.39, 0.29) is 17.6 Å². The second kappa shape index (κ2) is 6.50. The van der Waals surface area contributed by atoms with Crippen molar-refractivity contribution in [3.8, 4) is 11.4 Å². The SMILES string of the molecule is CC(C)C(=O)N(Cc1ccc(-c2noc(C(F)(F)F)n2)cc1)C1CC1. The molecule has 0 saturated heterocycles. The normalized spacial score (nSPS) is 14.8. The lowest BCUT2D eigenvalue weighted by Gasteiger charge is -2.24. The highest BCUT2D eigenvalue weighted by atomic mass is 19.4. The van der Waals surface area contributed by atoms with E-state index in [1.165, 1.54) is 0 Å². The first-order valence-corrected chi connectivity index (χ1v) is 8.06. The van der Waals surface area contributed by atoms with E-state index in [9.17, 15) is 18.0 Å². The van der Waals surface area contributed by atoms with Gasteiger partial charge in [0.1, 0.15) is 0 Å². The molecule has 2 aromatic rings. The second-order valence-corrected chi connectivity index (χ2v) is 6.47. The van der Waals surface area contributed by atoms with Gasteiger partial charge in [-0.1, -0.05) is 43.3 Å². The van der Waals surface area contributed by atoms with E-state index in [2.05, 4.69) is 14.7 Å². The molecule has 1 aromatic carbocycles. The molecule has 5 nitrogen and oxygen atoms in total. The van der Waals surface area contributed by atoms with Gasteiger partial charge in [-0.25, -0.2) is 0 Å². The summed E-state index contributed by atoms with van der Waals surface area (Å²) < 4.78 is 41.8. The van der Waals surface area contributed by atoms with Crippen molar-refractivity contribution in [1.82, 2.24) is 15.0 Å². The number of carbonyl (C=O) groups excluding carboxylic acids is 1. The Morgan fingerprint density at radius 3 is 2.40 bits per heavy atom. The average Bonchev–Trinajstić information content (AvgIpc) is 3.26. The number of nitrogens with zero attached hydrogens (tertiary/aromatic N) is 3. The third kappa shape index (κ3) is 4.00. The average molecular weight is 353 g/mol. The third-order valence-corrected chi connectivity index (χ3v) is 4.00. The molecule has 1 aromatic heterocycles. The van der Waals surface area contributed by atoms with E-state index >= 15 is 0 Å². The highest BCUT2D eigenvalue weighted by Gasteiger charge is 2.38. The predicted molar refractivity (Wildman–Crippen MR) is 83.1 cm³/mol. The monoisotopic (exact) mass is 353 g/mol. The Balaban J connectivity index is 1.73. The zero-order valence-corrected chi connectivity index (χ0v) is 13.9. The first-order valence-electron chi connectivity index (χ1n) is 8.06. The van der Waals surface area contributed by atoms with E-state index in [1.54, 1.807) is 24.3 Å². The van der Waals surface area contributed by atoms with Crippen molar-refractivity contribution in [2.24, 2.45) is 5.92 Å². The number of hydrogen-bond acceptors (Lipinski definition) is 4. The molecule has 1 saturated carbocycles. The number of halogens is 3. The maximum Gasteiger partial charge on any atom is 0.471 e. The molecule has 1 amide bonds. The number of rotatable bonds is 5. The molecule has 8 heteroatoms. The fourth-order valence-electron chi connectivity index (χ4n) is 2.52. The Hall–Kier alpha value is -2.38. The highest BCUT2D eigenvalue weighted by Crippen LogP contribution is 2.31. The molecule has 0 spiro atoms. The molecule has 0 aliphatic heterocycles. The first kappa shape index (κ1) is 17.4. The molecule has 1 fully saturated rings. The first-order chi connectivity index (χ1) is 11.8. The van der Waals surface area contributed by atoms with E-state index in [0.29, 0.717) is 18.2 Å². The summed E-state index contributed by atoms with van der Waals surface area (Å²) in [6.07, 6.45) is -2.63. The zero-order chi connectivity index (χ0) is 18.2. The van der Waals surface area contributed by atoms with E-state index in [1.807, 2.05) is 18.7 Å². The quantitative estimate of drug-likeness (QED) is 0.818. The van der Waals surface area contributed by atoms with Crippen LogP contribution in [0.1, 0.15) is 38.1 Å². The number of amides is 1. The molecular weight excluding hydrogens is 335 g/mol. The second-order valence-electron chi connectivity index (χ2n) is 6.47. The molecule has 0 atom stereocenters. The van der Waals surface area contributed by atoms with Crippen molar-refractivity contribution < 1.29 is 22.5 Å². The van der Waals surface area contributed by atoms with Gasteiger partial charge >= 0.3 is 12.1 Å². The summed E-state index contributed by atoms with van der Waals surface area (Å²) in [7, 11) is 0. The van der Waals surface area contributed by atoms with E-state index < -0.39 is 12.1 Å². The molecule has 134 valence electrons. The van der Waals surface area contributed by atoms with Gasteiger partial charge in [0, 0.05) is 24.1 Å². The van der Waals surface area contributed by atoms with Gasteiger partial charge < -0.3 is 9.42 Å². The third-order valence-electron chi connectivity index (χ3n) is 4.00. The number of benzene rings is 1. The fourth-order valence-corrected chi connectivity index (χ4v) is 2.52. The van der Waals surface area contributed by atoms with Crippen LogP contribution in [-0.4, -0.2) is 27.0 Å². The maximum atomic E-state index is 12.5. The van der Waals surface area contributed by atoms with Crippen LogP contribution < -0.4 is 0 Å². The Bertz CT molecular complexity index is 749. The van der Waals surface area contributed by atoms with Crippen LogP contribution in [0, 0.1) is 5.92 Å². The number of alkyl halides is 3. The molecule has 1 heterocycles. The Labute approximate surface area is 142 Å². The van der Waals surface area contributed by atoms with Crippen LogP contribution in [0.4, 0.5) is 13.2 Å². The van der Waals surface area contributed by atoms with Gasteiger partial charge in [-0.3, -0.25) is 4.79 Å². The molecule has 0 bridgehead atoms. The molecular formula is C17H18F3N3O2. The van der Waals surface area contributed by atoms with Crippen molar-refractivity contribution in [1.29, 1.82) is 0 Å². The van der Waals surface area contributed by atoms with Gasteiger partial charge in [0.25, 0.3) is 0 Å². The lowest BCUT2D eigenvalue weighted by atomic mass is 10.1. The maximum absolute atomic E-state index is 12.5. The van der Waals surface area contributed by atoms with Gasteiger partial charge in [-0.05, 0) is 18.4 Å². The summed E-state index contributed by atoms with van der Waals surface area (Å²) >= 11 is 0. The zero-order valence-electron chi connectivity index (χ0n) is 13.9.